The van der Waals surface area contributed by atoms with E-state index in [-0.39, 0.29) is 17.9 Å². The van der Waals surface area contributed by atoms with Gasteiger partial charge in [-0.1, -0.05) is 0 Å². The third-order valence-corrected chi connectivity index (χ3v) is 2.32. The second-order valence-electron chi connectivity index (χ2n) is 3.72. The molecule has 0 saturated carbocycles. The first-order valence-electron chi connectivity index (χ1n) is 5.20. The molecule has 0 aliphatic heterocycles. The second kappa shape index (κ2) is 4.87. The maximum atomic E-state index is 13.5. The Morgan fingerprint density at radius 2 is 2.28 bits per heavy atom. The second-order valence-corrected chi connectivity index (χ2v) is 3.72. The zero-order chi connectivity index (χ0) is 13.1. The van der Waals surface area contributed by atoms with Gasteiger partial charge in [-0.25, -0.2) is 9.18 Å². The molecule has 0 radical (unpaired) electrons. The Morgan fingerprint density at radius 1 is 1.50 bits per heavy atom. The van der Waals surface area contributed by atoms with Crippen LogP contribution in [0.1, 0.15) is 16.1 Å². The normalized spacial score (nSPS) is 10.3. The highest BCUT2D eigenvalue weighted by Gasteiger charge is 2.09. The lowest BCUT2D eigenvalue weighted by molar-refractivity contribution is 0.0696. The van der Waals surface area contributed by atoms with Crippen molar-refractivity contribution >= 4 is 5.97 Å². The van der Waals surface area contributed by atoms with E-state index in [4.69, 9.17) is 9.84 Å². The third kappa shape index (κ3) is 2.65. The van der Waals surface area contributed by atoms with E-state index < -0.39 is 11.8 Å². The number of carbonyl (C=O) groups is 1. The maximum Gasteiger partial charge on any atom is 0.335 e. The number of ether oxygens (including phenoxy) is 1. The molecule has 0 unspecified atom stereocenters. The van der Waals surface area contributed by atoms with E-state index in [0.717, 1.165) is 6.07 Å². The first-order chi connectivity index (χ1) is 8.56. The van der Waals surface area contributed by atoms with Gasteiger partial charge in [-0.05, 0) is 24.3 Å². The van der Waals surface area contributed by atoms with Gasteiger partial charge >= 0.3 is 5.97 Å². The number of hydrogen-bond acceptors (Lipinski definition) is 3. The number of benzene rings is 1. The summed E-state index contributed by atoms with van der Waals surface area (Å²) in [6.07, 6.45) is 1.75. The summed E-state index contributed by atoms with van der Waals surface area (Å²) in [6, 6.07) is 5.26. The molecule has 0 amide bonds. The van der Waals surface area contributed by atoms with Gasteiger partial charge in [0.1, 0.15) is 6.61 Å². The Labute approximate surface area is 102 Å². The molecule has 0 fully saturated rings. The molecule has 1 aromatic heterocycles. The summed E-state index contributed by atoms with van der Waals surface area (Å²) < 4.78 is 20.3. The van der Waals surface area contributed by atoms with Crippen molar-refractivity contribution in [1.29, 1.82) is 0 Å². The van der Waals surface area contributed by atoms with Gasteiger partial charge < -0.3 is 9.84 Å². The average molecular weight is 250 g/mol. The van der Waals surface area contributed by atoms with E-state index >= 15 is 0 Å². The lowest BCUT2D eigenvalue weighted by Gasteiger charge is -2.06. The fraction of sp³-hybridized carbons (Fsp3) is 0.167. The first-order valence-corrected chi connectivity index (χ1v) is 5.20. The number of carboxylic acids is 1. The van der Waals surface area contributed by atoms with Crippen molar-refractivity contribution in [3.63, 3.8) is 0 Å². The van der Waals surface area contributed by atoms with E-state index in [2.05, 4.69) is 5.10 Å². The van der Waals surface area contributed by atoms with Gasteiger partial charge in [0.15, 0.2) is 11.6 Å². The van der Waals surface area contributed by atoms with Gasteiger partial charge in [0.25, 0.3) is 0 Å². The standard InChI is InChI=1S/C12H11FN2O3/c1-15-5-4-9(14-15)7-18-11-3-2-8(12(16)17)6-10(11)13/h2-6H,7H2,1H3,(H,16,17). The molecule has 5 nitrogen and oxygen atoms in total. The highest BCUT2D eigenvalue weighted by molar-refractivity contribution is 5.87. The SMILES string of the molecule is Cn1ccc(COc2ccc(C(=O)O)cc2F)n1. The smallest absolute Gasteiger partial charge is 0.335 e. The van der Waals surface area contributed by atoms with Gasteiger partial charge in [0.05, 0.1) is 11.3 Å². The van der Waals surface area contributed by atoms with Crippen LogP contribution in [0.4, 0.5) is 4.39 Å². The van der Waals surface area contributed by atoms with Crippen LogP contribution in [-0.4, -0.2) is 20.9 Å². The summed E-state index contributed by atoms with van der Waals surface area (Å²) >= 11 is 0. The molecule has 2 rings (SSSR count). The van der Waals surface area contributed by atoms with Crippen LogP contribution in [0, 0.1) is 5.82 Å². The third-order valence-electron chi connectivity index (χ3n) is 2.32. The number of rotatable bonds is 4. The van der Waals surface area contributed by atoms with E-state index in [1.165, 1.54) is 12.1 Å². The van der Waals surface area contributed by atoms with E-state index in [1.54, 1.807) is 24.0 Å². The number of aromatic carboxylic acids is 1. The number of nitrogens with zero attached hydrogens (tertiary/aromatic N) is 2. The Bertz CT molecular complexity index is 580. The molecule has 0 aliphatic carbocycles. The highest BCUT2D eigenvalue weighted by Crippen LogP contribution is 2.19. The summed E-state index contributed by atoms with van der Waals surface area (Å²) in [6.45, 7) is 0.129. The Kier molecular flexibility index (Phi) is 3.27. The van der Waals surface area contributed by atoms with E-state index in [1.807, 2.05) is 0 Å². The molecule has 1 heterocycles. The molecule has 94 valence electrons. The fourth-order valence-electron chi connectivity index (χ4n) is 1.44. The average Bonchev–Trinajstić information content (AvgIpc) is 2.73. The molecule has 0 spiro atoms. The molecule has 18 heavy (non-hydrogen) atoms. The molecule has 0 saturated heterocycles. The molecule has 0 atom stereocenters. The minimum absolute atomic E-state index is 0.00523. The summed E-state index contributed by atoms with van der Waals surface area (Å²) in [4.78, 5) is 10.6. The number of aromatic nitrogens is 2. The molecular formula is C12H11FN2O3. The Hall–Kier alpha value is -2.37. The molecule has 0 bridgehead atoms. The number of aryl methyl sites for hydroxylation is 1. The summed E-state index contributed by atoms with van der Waals surface area (Å²) in [5, 5.41) is 12.8. The molecular weight excluding hydrogens is 239 g/mol. The largest absolute Gasteiger partial charge is 0.484 e. The van der Waals surface area contributed by atoms with Crippen LogP contribution >= 0.6 is 0 Å². The van der Waals surface area contributed by atoms with Crippen molar-refractivity contribution in [3.8, 4) is 5.75 Å². The van der Waals surface area contributed by atoms with Crippen molar-refractivity contribution in [2.45, 2.75) is 6.61 Å². The number of carboxylic acid groups (broad SMARTS) is 1. The maximum absolute atomic E-state index is 13.5. The van der Waals surface area contributed by atoms with Crippen LogP contribution in [0.25, 0.3) is 0 Å². The lowest BCUT2D eigenvalue weighted by Crippen LogP contribution is -2.01. The van der Waals surface area contributed by atoms with Crippen molar-refractivity contribution in [3.05, 3.63) is 47.5 Å². The minimum Gasteiger partial charge on any atom is -0.484 e. The molecule has 2 aromatic rings. The van der Waals surface area contributed by atoms with Crippen molar-refractivity contribution in [1.82, 2.24) is 9.78 Å². The molecule has 6 heteroatoms. The first kappa shape index (κ1) is 12.1. The van der Waals surface area contributed by atoms with Gasteiger partial charge in [-0.2, -0.15) is 5.10 Å². The number of hydrogen-bond donors (Lipinski definition) is 1. The predicted molar refractivity (Wildman–Crippen MR) is 60.9 cm³/mol. The van der Waals surface area contributed by atoms with Crippen LogP contribution < -0.4 is 4.74 Å². The van der Waals surface area contributed by atoms with Crippen molar-refractivity contribution < 1.29 is 19.0 Å². The summed E-state index contributed by atoms with van der Waals surface area (Å²) in [5.74, 6) is -1.87. The van der Waals surface area contributed by atoms with Crippen LogP contribution in [-0.2, 0) is 13.7 Å². The summed E-state index contributed by atoms with van der Waals surface area (Å²) in [5.41, 5.74) is 0.553. The van der Waals surface area contributed by atoms with E-state index in [0.29, 0.717) is 5.69 Å². The van der Waals surface area contributed by atoms with Crippen LogP contribution in [0.5, 0.6) is 5.75 Å². The quantitative estimate of drug-likeness (QED) is 0.899. The highest BCUT2D eigenvalue weighted by atomic mass is 19.1. The topological polar surface area (TPSA) is 64.3 Å². The van der Waals surface area contributed by atoms with Gasteiger partial charge in [-0.3, -0.25) is 4.68 Å². The minimum atomic E-state index is -1.18. The Morgan fingerprint density at radius 3 is 2.83 bits per heavy atom. The van der Waals surface area contributed by atoms with Crippen molar-refractivity contribution in [2.24, 2.45) is 7.05 Å². The Balaban J connectivity index is 2.08. The van der Waals surface area contributed by atoms with Crippen LogP contribution in [0.3, 0.4) is 0 Å². The molecule has 0 aliphatic rings. The van der Waals surface area contributed by atoms with Gasteiger partial charge in [-0.15, -0.1) is 0 Å². The zero-order valence-corrected chi connectivity index (χ0v) is 9.63. The zero-order valence-electron chi connectivity index (χ0n) is 9.63. The van der Waals surface area contributed by atoms with E-state index in [9.17, 15) is 9.18 Å². The van der Waals surface area contributed by atoms with Crippen LogP contribution in [0.15, 0.2) is 30.5 Å². The fourth-order valence-corrected chi connectivity index (χ4v) is 1.44. The lowest BCUT2D eigenvalue weighted by atomic mass is 10.2. The van der Waals surface area contributed by atoms with Gasteiger partial charge in [0, 0.05) is 13.2 Å². The predicted octanol–water partition coefficient (Wildman–Crippen LogP) is 1.84. The van der Waals surface area contributed by atoms with Crippen LogP contribution in [0.2, 0.25) is 0 Å². The van der Waals surface area contributed by atoms with Gasteiger partial charge in [0.2, 0.25) is 0 Å². The number of halogens is 1. The molecule has 1 N–H and O–H groups in total. The monoisotopic (exact) mass is 250 g/mol. The van der Waals surface area contributed by atoms with Crippen molar-refractivity contribution in [2.75, 3.05) is 0 Å². The molecule has 1 aromatic carbocycles. The summed E-state index contributed by atoms with van der Waals surface area (Å²) in [7, 11) is 1.77.